The maximum atomic E-state index is 12.8. The lowest BCUT2D eigenvalue weighted by Crippen LogP contribution is -2.35. The van der Waals surface area contributed by atoms with Crippen molar-refractivity contribution in [1.29, 1.82) is 0 Å². The van der Waals surface area contributed by atoms with E-state index in [-0.39, 0.29) is 18.1 Å². The molecule has 0 saturated carbocycles. The van der Waals surface area contributed by atoms with E-state index in [2.05, 4.69) is 20.3 Å². The number of aliphatic hydroxyl groups is 1. The van der Waals surface area contributed by atoms with Crippen molar-refractivity contribution in [2.24, 2.45) is 0 Å². The molecule has 0 saturated heterocycles. The van der Waals surface area contributed by atoms with Gasteiger partial charge in [0.05, 0.1) is 17.5 Å². The summed E-state index contributed by atoms with van der Waals surface area (Å²) in [6.45, 7) is 4.79. The lowest BCUT2D eigenvalue weighted by molar-refractivity contribution is -0.144. The van der Waals surface area contributed by atoms with Gasteiger partial charge in [-0.3, -0.25) is 0 Å². The van der Waals surface area contributed by atoms with Gasteiger partial charge in [0.2, 0.25) is 5.82 Å². The third-order valence-corrected chi connectivity index (χ3v) is 2.73. The average molecular weight is 288 g/mol. The maximum Gasteiger partial charge on any atom is 0.451 e. The summed E-state index contributed by atoms with van der Waals surface area (Å²) in [6.07, 6.45) is -4.63. The van der Waals surface area contributed by atoms with Gasteiger partial charge in [0.25, 0.3) is 0 Å². The van der Waals surface area contributed by atoms with Gasteiger partial charge in [-0.2, -0.15) is 13.2 Å². The molecular weight excluding hydrogens is 273 g/mol. The van der Waals surface area contributed by atoms with Crippen molar-refractivity contribution in [2.75, 3.05) is 11.9 Å². The van der Waals surface area contributed by atoms with Crippen molar-refractivity contribution < 1.29 is 18.3 Å². The van der Waals surface area contributed by atoms with Gasteiger partial charge in [-0.05, 0) is 26.8 Å². The molecule has 0 aromatic carbocycles. The molecule has 0 bridgehead atoms. The lowest BCUT2D eigenvalue weighted by Gasteiger charge is -2.24. The molecule has 0 amide bonds. The first-order valence-corrected chi connectivity index (χ1v) is 5.96. The fourth-order valence-electron chi connectivity index (χ4n) is 1.72. The Hall–Kier alpha value is -1.83. The highest BCUT2D eigenvalue weighted by atomic mass is 19.4. The largest absolute Gasteiger partial charge is 0.451 e. The summed E-state index contributed by atoms with van der Waals surface area (Å²) in [6, 6.07) is 1.66. The first kappa shape index (κ1) is 14.6. The molecule has 0 atom stereocenters. The molecule has 0 aliphatic rings. The number of H-pyrrole nitrogens is 1. The third-order valence-electron chi connectivity index (χ3n) is 2.73. The van der Waals surface area contributed by atoms with E-state index in [1.165, 1.54) is 0 Å². The van der Waals surface area contributed by atoms with Crippen LogP contribution in [0.2, 0.25) is 0 Å². The van der Waals surface area contributed by atoms with Gasteiger partial charge in [-0.15, -0.1) is 0 Å². The fraction of sp³-hybridized carbons (Fsp3) is 0.500. The number of aryl methyl sites for hydroxylation is 1. The van der Waals surface area contributed by atoms with E-state index in [1.807, 2.05) is 0 Å². The Balaban J connectivity index is 2.61. The summed E-state index contributed by atoms with van der Waals surface area (Å²) in [5.41, 5.74) is -0.00506. The zero-order valence-corrected chi connectivity index (χ0v) is 11.3. The zero-order chi connectivity index (χ0) is 15.1. The number of nitrogens with one attached hydrogen (secondary N) is 2. The van der Waals surface area contributed by atoms with Crippen molar-refractivity contribution in [3.05, 3.63) is 17.6 Å². The van der Waals surface area contributed by atoms with Crippen LogP contribution in [0.3, 0.4) is 0 Å². The van der Waals surface area contributed by atoms with Gasteiger partial charge in [0, 0.05) is 5.69 Å². The molecular formula is C12H15F3N4O. The van der Waals surface area contributed by atoms with Gasteiger partial charge >= 0.3 is 6.18 Å². The number of aromatic nitrogens is 3. The third kappa shape index (κ3) is 2.84. The molecule has 0 unspecified atom stereocenters. The number of aliphatic hydroxyl groups excluding tert-OH is 1. The molecule has 5 nitrogen and oxygen atoms in total. The van der Waals surface area contributed by atoms with Crippen LogP contribution >= 0.6 is 0 Å². The SMILES string of the molecule is Cc1cc2c(NC(C)(C)CO)nc(C(F)(F)F)nc2[nH]1. The summed E-state index contributed by atoms with van der Waals surface area (Å²) >= 11 is 0. The smallest absolute Gasteiger partial charge is 0.394 e. The van der Waals surface area contributed by atoms with Gasteiger partial charge in [0.1, 0.15) is 11.5 Å². The van der Waals surface area contributed by atoms with Crippen molar-refractivity contribution in [1.82, 2.24) is 15.0 Å². The normalized spacial score (nSPS) is 12.9. The van der Waals surface area contributed by atoms with Crippen molar-refractivity contribution in [3.63, 3.8) is 0 Å². The molecule has 0 aliphatic carbocycles. The molecule has 0 radical (unpaired) electrons. The standard InChI is InChI=1S/C12H15F3N4O/c1-6-4-7-8(16-6)17-10(12(13,14)15)18-9(7)19-11(2,3)5-20/h4,20H,5H2,1-3H3,(H2,16,17,18,19). The quantitative estimate of drug-likeness (QED) is 0.811. The van der Waals surface area contributed by atoms with E-state index in [0.717, 1.165) is 0 Å². The van der Waals surface area contributed by atoms with Crippen LogP contribution < -0.4 is 5.32 Å². The van der Waals surface area contributed by atoms with E-state index in [9.17, 15) is 18.3 Å². The number of alkyl halides is 3. The number of anilines is 1. The van der Waals surface area contributed by atoms with Crippen LogP contribution in [0, 0.1) is 6.92 Å². The highest BCUT2D eigenvalue weighted by molar-refractivity contribution is 5.88. The molecule has 2 aromatic heterocycles. The summed E-state index contributed by atoms with van der Waals surface area (Å²) in [4.78, 5) is 9.79. The molecule has 0 aliphatic heterocycles. The second-order valence-corrected chi connectivity index (χ2v) is 5.28. The minimum absolute atomic E-state index is 0.0470. The number of fused-ring (bicyclic) bond motifs is 1. The molecule has 8 heteroatoms. The highest BCUT2D eigenvalue weighted by Crippen LogP contribution is 2.31. The zero-order valence-electron chi connectivity index (χ0n) is 11.3. The molecule has 110 valence electrons. The van der Waals surface area contributed by atoms with Gasteiger partial charge < -0.3 is 15.4 Å². The van der Waals surface area contributed by atoms with Crippen LogP contribution in [-0.2, 0) is 6.18 Å². The molecule has 20 heavy (non-hydrogen) atoms. The molecule has 3 N–H and O–H groups in total. The average Bonchev–Trinajstić information content (AvgIpc) is 2.68. The van der Waals surface area contributed by atoms with Crippen molar-refractivity contribution >= 4 is 16.9 Å². The van der Waals surface area contributed by atoms with E-state index in [1.54, 1.807) is 26.8 Å². The Morgan fingerprint density at radius 2 is 1.95 bits per heavy atom. The summed E-state index contributed by atoms with van der Waals surface area (Å²) in [5.74, 6) is -1.17. The number of hydrogen-bond donors (Lipinski definition) is 3. The Labute approximate surface area is 113 Å². The summed E-state index contributed by atoms with van der Waals surface area (Å²) in [5, 5.41) is 12.5. The molecule has 2 heterocycles. The Morgan fingerprint density at radius 1 is 1.30 bits per heavy atom. The molecule has 2 rings (SSSR count). The minimum atomic E-state index is -4.63. The van der Waals surface area contributed by atoms with Crippen LogP contribution in [0.5, 0.6) is 0 Å². The second-order valence-electron chi connectivity index (χ2n) is 5.28. The Kier molecular flexibility index (Phi) is 3.37. The Bertz CT molecular complexity index is 633. The number of rotatable bonds is 3. The molecule has 2 aromatic rings. The number of aromatic amines is 1. The predicted molar refractivity (Wildman–Crippen MR) is 68.4 cm³/mol. The predicted octanol–water partition coefficient (Wildman–Crippen LogP) is 2.47. The second kappa shape index (κ2) is 4.62. The van der Waals surface area contributed by atoms with Gasteiger partial charge in [-0.1, -0.05) is 0 Å². The van der Waals surface area contributed by atoms with E-state index < -0.39 is 17.5 Å². The topological polar surface area (TPSA) is 73.8 Å². The minimum Gasteiger partial charge on any atom is -0.394 e. The molecule has 0 fully saturated rings. The van der Waals surface area contributed by atoms with Crippen LogP contribution in [-0.4, -0.2) is 32.2 Å². The summed E-state index contributed by atoms with van der Waals surface area (Å²) < 4.78 is 38.4. The van der Waals surface area contributed by atoms with Crippen molar-refractivity contribution in [2.45, 2.75) is 32.5 Å². The van der Waals surface area contributed by atoms with E-state index >= 15 is 0 Å². The van der Waals surface area contributed by atoms with Crippen molar-refractivity contribution in [3.8, 4) is 0 Å². The maximum absolute atomic E-state index is 12.8. The van der Waals surface area contributed by atoms with Crippen LogP contribution in [0.25, 0.3) is 11.0 Å². The number of nitrogens with zero attached hydrogens (tertiary/aromatic N) is 2. The monoisotopic (exact) mass is 288 g/mol. The first-order chi connectivity index (χ1) is 9.12. The fourth-order valence-corrected chi connectivity index (χ4v) is 1.72. The highest BCUT2D eigenvalue weighted by Gasteiger charge is 2.36. The Morgan fingerprint density at radius 3 is 2.50 bits per heavy atom. The first-order valence-electron chi connectivity index (χ1n) is 5.96. The summed E-state index contributed by atoms with van der Waals surface area (Å²) in [7, 11) is 0. The van der Waals surface area contributed by atoms with Crippen LogP contribution in [0.4, 0.5) is 19.0 Å². The van der Waals surface area contributed by atoms with Gasteiger partial charge in [-0.25, -0.2) is 9.97 Å². The van der Waals surface area contributed by atoms with E-state index in [4.69, 9.17) is 0 Å². The van der Waals surface area contributed by atoms with E-state index in [0.29, 0.717) is 11.1 Å². The molecule has 0 spiro atoms. The van der Waals surface area contributed by atoms with Gasteiger partial charge in [0.15, 0.2) is 0 Å². The van der Waals surface area contributed by atoms with Crippen LogP contribution in [0.1, 0.15) is 25.4 Å². The lowest BCUT2D eigenvalue weighted by atomic mass is 10.1. The van der Waals surface area contributed by atoms with Crippen LogP contribution in [0.15, 0.2) is 6.07 Å². The number of halogens is 3. The number of hydrogen-bond acceptors (Lipinski definition) is 4.